The molecule has 2 aromatic carbocycles. The normalized spacial score (nSPS) is 10.6. The number of halogens is 1. The number of aromatic nitrogens is 2. The molecule has 1 heterocycles. The van der Waals surface area contributed by atoms with Crippen LogP contribution in [-0.4, -0.2) is 9.78 Å². The van der Waals surface area contributed by atoms with Gasteiger partial charge in [-0.15, -0.1) is 0 Å². The number of nitrogens with zero attached hydrogens (tertiary/aromatic N) is 2. The van der Waals surface area contributed by atoms with Crippen molar-refractivity contribution in [3.63, 3.8) is 0 Å². The number of aryl methyl sites for hydroxylation is 1. The van der Waals surface area contributed by atoms with Crippen LogP contribution in [0.3, 0.4) is 0 Å². The second kappa shape index (κ2) is 4.90. The first-order chi connectivity index (χ1) is 9.27. The largest absolute Gasteiger partial charge is 0.266 e. The molecule has 0 aliphatic carbocycles. The molecular weight excluding hydrogens is 256 g/mol. The molecule has 0 aliphatic rings. The minimum Gasteiger partial charge on any atom is -0.266 e. The third-order valence-electron chi connectivity index (χ3n) is 3.08. The monoisotopic (exact) mass is 268 g/mol. The van der Waals surface area contributed by atoms with Crippen LogP contribution >= 0.6 is 11.6 Å². The van der Waals surface area contributed by atoms with Gasteiger partial charge in [-0.3, -0.25) is 4.68 Å². The van der Waals surface area contributed by atoms with Crippen molar-refractivity contribution in [2.24, 2.45) is 7.05 Å². The summed E-state index contributed by atoms with van der Waals surface area (Å²) in [4.78, 5) is 0. The molecule has 3 aromatic rings. The van der Waals surface area contributed by atoms with E-state index in [0.29, 0.717) is 5.02 Å². The highest BCUT2D eigenvalue weighted by Crippen LogP contribution is 2.35. The summed E-state index contributed by atoms with van der Waals surface area (Å²) in [6, 6.07) is 20.1. The summed E-state index contributed by atoms with van der Waals surface area (Å²) in [6.07, 6.45) is 0. The standard InChI is InChI=1S/C16H13ClN2/c1-19-16(13-10-6-3-7-11-13)14(17)15(18-19)12-8-4-2-5-9-12/h2-11H,1H3. The third kappa shape index (κ3) is 2.15. The highest BCUT2D eigenvalue weighted by Gasteiger charge is 2.16. The first kappa shape index (κ1) is 12.0. The summed E-state index contributed by atoms with van der Waals surface area (Å²) >= 11 is 6.52. The molecule has 2 nitrogen and oxygen atoms in total. The smallest absolute Gasteiger partial charge is 0.112 e. The van der Waals surface area contributed by atoms with E-state index >= 15 is 0 Å². The van der Waals surface area contributed by atoms with Gasteiger partial charge in [-0.25, -0.2) is 0 Å². The molecule has 0 fully saturated rings. The maximum atomic E-state index is 6.52. The lowest BCUT2D eigenvalue weighted by Gasteiger charge is -2.01. The Hall–Kier alpha value is -2.06. The lowest BCUT2D eigenvalue weighted by Crippen LogP contribution is -1.93. The van der Waals surface area contributed by atoms with Gasteiger partial charge in [0, 0.05) is 18.2 Å². The molecule has 0 spiro atoms. The van der Waals surface area contributed by atoms with Crippen LogP contribution in [0.15, 0.2) is 60.7 Å². The molecule has 94 valence electrons. The summed E-state index contributed by atoms with van der Waals surface area (Å²) in [6.45, 7) is 0. The number of benzene rings is 2. The third-order valence-corrected chi connectivity index (χ3v) is 3.44. The van der Waals surface area contributed by atoms with Gasteiger partial charge in [-0.05, 0) is 0 Å². The number of hydrogen-bond acceptors (Lipinski definition) is 1. The van der Waals surface area contributed by atoms with E-state index < -0.39 is 0 Å². The van der Waals surface area contributed by atoms with Crippen LogP contribution in [-0.2, 0) is 7.05 Å². The minimum absolute atomic E-state index is 0.694. The molecule has 3 rings (SSSR count). The number of rotatable bonds is 2. The Labute approximate surface area is 117 Å². The lowest BCUT2D eigenvalue weighted by atomic mass is 10.1. The Morgan fingerprint density at radius 1 is 0.842 bits per heavy atom. The quantitative estimate of drug-likeness (QED) is 0.673. The van der Waals surface area contributed by atoms with E-state index in [1.54, 1.807) is 0 Å². The van der Waals surface area contributed by atoms with Crippen molar-refractivity contribution < 1.29 is 0 Å². The van der Waals surface area contributed by atoms with Gasteiger partial charge in [-0.1, -0.05) is 72.3 Å². The first-order valence-corrected chi connectivity index (χ1v) is 6.48. The Morgan fingerprint density at radius 3 is 1.95 bits per heavy atom. The maximum Gasteiger partial charge on any atom is 0.112 e. The molecule has 0 aliphatic heterocycles. The molecule has 0 bridgehead atoms. The maximum absolute atomic E-state index is 6.52. The molecule has 0 N–H and O–H groups in total. The average molecular weight is 269 g/mol. The van der Waals surface area contributed by atoms with Crippen molar-refractivity contribution in [3.8, 4) is 22.5 Å². The fourth-order valence-electron chi connectivity index (χ4n) is 2.19. The Bertz CT molecular complexity index is 688. The average Bonchev–Trinajstić information content (AvgIpc) is 2.76. The highest BCUT2D eigenvalue weighted by molar-refractivity contribution is 6.35. The van der Waals surface area contributed by atoms with E-state index in [-0.39, 0.29) is 0 Å². The zero-order valence-electron chi connectivity index (χ0n) is 10.5. The molecule has 0 saturated carbocycles. The van der Waals surface area contributed by atoms with Crippen LogP contribution in [0.5, 0.6) is 0 Å². The SMILES string of the molecule is Cn1nc(-c2ccccc2)c(Cl)c1-c1ccccc1. The Kier molecular flexibility index (Phi) is 3.10. The predicted molar refractivity (Wildman–Crippen MR) is 79.1 cm³/mol. The molecule has 0 atom stereocenters. The zero-order valence-corrected chi connectivity index (χ0v) is 11.3. The molecule has 0 radical (unpaired) electrons. The lowest BCUT2D eigenvalue weighted by molar-refractivity contribution is 0.779. The predicted octanol–water partition coefficient (Wildman–Crippen LogP) is 4.41. The minimum atomic E-state index is 0.694. The van der Waals surface area contributed by atoms with E-state index in [9.17, 15) is 0 Å². The molecule has 0 saturated heterocycles. The topological polar surface area (TPSA) is 17.8 Å². The van der Waals surface area contributed by atoms with E-state index in [2.05, 4.69) is 5.10 Å². The fourth-order valence-corrected chi connectivity index (χ4v) is 2.57. The number of hydrogen-bond donors (Lipinski definition) is 0. The van der Waals surface area contributed by atoms with Crippen LogP contribution in [0, 0.1) is 0 Å². The van der Waals surface area contributed by atoms with Gasteiger partial charge in [-0.2, -0.15) is 5.10 Å². The van der Waals surface area contributed by atoms with Gasteiger partial charge in [0.15, 0.2) is 0 Å². The van der Waals surface area contributed by atoms with Crippen molar-refractivity contribution in [3.05, 3.63) is 65.7 Å². The molecule has 19 heavy (non-hydrogen) atoms. The van der Waals surface area contributed by atoms with Crippen LogP contribution in [0.4, 0.5) is 0 Å². The highest BCUT2D eigenvalue weighted by atomic mass is 35.5. The van der Waals surface area contributed by atoms with Crippen molar-refractivity contribution in [1.82, 2.24) is 9.78 Å². The van der Waals surface area contributed by atoms with E-state index in [1.165, 1.54) is 0 Å². The van der Waals surface area contributed by atoms with Crippen molar-refractivity contribution in [1.29, 1.82) is 0 Å². The van der Waals surface area contributed by atoms with Crippen LogP contribution < -0.4 is 0 Å². The van der Waals surface area contributed by atoms with Crippen LogP contribution in [0.25, 0.3) is 22.5 Å². The second-order valence-corrected chi connectivity index (χ2v) is 4.74. The molecule has 3 heteroatoms. The van der Waals surface area contributed by atoms with E-state index in [1.807, 2.05) is 72.4 Å². The van der Waals surface area contributed by atoms with Gasteiger partial charge in [0.05, 0.1) is 10.7 Å². The fraction of sp³-hybridized carbons (Fsp3) is 0.0625. The van der Waals surface area contributed by atoms with Gasteiger partial charge >= 0.3 is 0 Å². The molecule has 0 amide bonds. The molecular formula is C16H13ClN2. The van der Waals surface area contributed by atoms with Crippen molar-refractivity contribution in [2.45, 2.75) is 0 Å². The Morgan fingerprint density at radius 2 is 1.37 bits per heavy atom. The van der Waals surface area contributed by atoms with E-state index in [0.717, 1.165) is 22.5 Å². The van der Waals surface area contributed by atoms with E-state index in [4.69, 9.17) is 11.6 Å². The van der Waals surface area contributed by atoms with Crippen molar-refractivity contribution in [2.75, 3.05) is 0 Å². The summed E-state index contributed by atoms with van der Waals surface area (Å²) < 4.78 is 1.83. The van der Waals surface area contributed by atoms with Gasteiger partial charge in [0.1, 0.15) is 5.69 Å². The summed E-state index contributed by atoms with van der Waals surface area (Å²) in [5.41, 5.74) is 3.87. The van der Waals surface area contributed by atoms with Crippen LogP contribution in [0.2, 0.25) is 5.02 Å². The zero-order chi connectivity index (χ0) is 13.2. The Balaban J connectivity index is 2.17. The van der Waals surface area contributed by atoms with Gasteiger partial charge < -0.3 is 0 Å². The summed E-state index contributed by atoms with van der Waals surface area (Å²) in [7, 11) is 1.92. The van der Waals surface area contributed by atoms with Crippen molar-refractivity contribution >= 4 is 11.6 Å². The second-order valence-electron chi connectivity index (χ2n) is 4.37. The summed E-state index contributed by atoms with van der Waals surface area (Å²) in [5, 5.41) is 5.24. The van der Waals surface area contributed by atoms with Crippen LogP contribution in [0.1, 0.15) is 0 Å². The molecule has 1 aromatic heterocycles. The molecule has 0 unspecified atom stereocenters. The first-order valence-electron chi connectivity index (χ1n) is 6.10. The van der Waals surface area contributed by atoms with Gasteiger partial charge in [0.2, 0.25) is 0 Å². The van der Waals surface area contributed by atoms with Gasteiger partial charge in [0.25, 0.3) is 0 Å². The summed E-state index contributed by atoms with van der Waals surface area (Å²) in [5.74, 6) is 0.